The summed E-state index contributed by atoms with van der Waals surface area (Å²) in [6.07, 6.45) is 4.99. The van der Waals surface area contributed by atoms with Gasteiger partial charge < -0.3 is 15.8 Å². The predicted octanol–water partition coefficient (Wildman–Crippen LogP) is 3.66. The van der Waals surface area contributed by atoms with E-state index in [-0.39, 0.29) is 0 Å². The van der Waals surface area contributed by atoms with E-state index in [1.54, 1.807) is 19.2 Å². The van der Waals surface area contributed by atoms with Crippen molar-refractivity contribution in [3.8, 4) is 5.75 Å². The second kappa shape index (κ2) is 6.35. The fraction of sp³-hybridized carbons (Fsp3) is 0.533. The molecule has 110 valence electrons. The Labute approximate surface area is 125 Å². The molecule has 3 N–H and O–H groups in total. The quantitative estimate of drug-likeness (QED) is 0.644. The minimum absolute atomic E-state index is 0.379. The number of ether oxygens (including phenoxy) is 1. The van der Waals surface area contributed by atoms with Crippen molar-refractivity contribution >= 4 is 23.2 Å². The number of benzene rings is 1. The Hall–Kier alpha value is -1.42. The summed E-state index contributed by atoms with van der Waals surface area (Å²) in [5, 5.41) is 3.62. The number of halogens is 1. The van der Waals surface area contributed by atoms with Crippen molar-refractivity contribution in [3.05, 3.63) is 23.2 Å². The molecule has 0 atom stereocenters. The molecule has 1 aromatic rings. The summed E-state index contributed by atoms with van der Waals surface area (Å²) in [5.41, 5.74) is 7.13. The number of nitrogens with two attached hydrogens (primary N) is 1. The minimum Gasteiger partial charge on any atom is -0.495 e. The van der Waals surface area contributed by atoms with Gasteiger partial charge in [-0.3, -0.25) is 4.99 Å². The van der Waals surface area contributed by atoms with E-state index in [1.807, 2.05) is 6.07 Å². The molecule has 1 aliphatic carbocycles. The monoisotopic (exact) mass is 295 g/mol. The third-order valence-electron chi connectivity index (χ3n) is 4.17. The van der Waals surface area contributed by atoms with Gasteiger partial charge in [0.1, 0.15) is 5.75 Å². The second-order valence-corrected chi connectivity index (χ2v) is 5.79. The van der Waals surface area contributed by atoms with E-state index in [2.05, 4.69) is 17.2 Å². The molecule has 0 radical (unpaired) electrons. The lowest BCUT2D eigenvalue weighted by molar-refractivity contribution is 0.139. The van der Waals surface area contributed by atoms with Crippen LogP contribution in [0.4, 0.5) is 5.69 Å². The Bertz CT molecular complexity index is 492. The average molecular weight is 296 g/mol. The third-order valence-corrected chi connectivity index (χ3v) is 4.47. The smallest absolute Gasteiger partial charge is 0.193 e. The number of rotatable bonds is 5. The number of nitrogens with one attached hydrogen (secondary N) is 1. The summed E-state index contributed by atoms with van der Waals surface area (Å²) in [6.45, 7) is 3.02. The Balaban J connectivity index is 1.96. The molecule has 1 aliphatic rings. The molecule has 1 saturated carbocycles. The Morgan fingerprint density at radius 2 is 2.25 bits per heavy atom. The van der Waals surface area contributed by atoms with Gasteiger partial charge in [0.05, 0.1) is 12.1 Å². The summed E-state index contributed by atoms with van der Waals surface area (Å²) in [5.74, 6) is 1.08. The zero-order valence-electron chi connectivity index (χ0n) is 12.1. The zero-order chi connectivity index (χ0) is 14.6. The SMILES string of the molecule is CCC1(CN=C(N)Nc2ccc(OC)c(Cl)c2)CCC1. The highest BCUT2D eigenvalue weighted by atomic mass is 35.5. The summed E-state index contributed by atoms with van der Waals surface area (Å²) in [4.78, 5) is 4.47. The molecule has 2 rings (SSSR count). The van der Waals surface area contributed by atoms with Crippen LogP contribution in [-0.4, -0.2) is 19.6 Å². The number of anilines is 1. The first-order valence-electron chi connectivity index (χ1n) is 6.99. The number of hydrogen-bond donors (Lipinski definition) is 2. The van der Waals surface area contributed by atoms with Crippen LogP contribution in [0.2, 0.25) is 5.02 Å². The molecule has 1 fully saturated rings. The minimum atomic E-state index is 0.379. The normalized spacial score (nSPS) is 17.4. The molecule has 4 nitrogen and oxygen atoms in total. The standard InChI is InChI=1S/C15H22ClN3O/c1-3-15(7-4-8-15)10-18-14(17)19-11-5-6-13(20-2)12(16)9-11/h5-6,9H,3-4,7-8,10H2,1-2H3,(H3,17,18,19). The number of methoxy groups -OCH3 is 1. The largest absolute Gasteiger partial charge is 0.495 e. The van der Waals surface area contributed by atoms with Crippen LogP contribution in [-0.2, 0) is 0 Å². The molecule has 0 amide bonds. The first kappa shape index (κ1) is 15.0. The second-order valence-electron chi connectivity index (χ2n) is 5.38. The predicted molar refractivity (Wildman–Crippen MR) is 84.7 cm³/mol. The van der Waals surface area contributed by atoms with Crippen molar-refractivity contribution in [3.63, 3.8) is 0 Å². The van der Waals surface area contributed by atoms with Crippen molar-refractivity contribution in [1.29, 1.82) is 0 Å². The number of nitrogens with zero attached hydrogens (tertiary/aromatic N) is 1. The first-order chi connectivity index (χ1) is 9.58. The highest BCUT2D eigenvalue weighted by Crippen LogP contribution is 2.43. The molecule has 0 heterocycles. The summed E-state index contributed by atoms with van der Waals surface area (Å²) in [7, 11) is 1.59. The van der Waals surface area contributed by atoms with Gasteiger partial charge in [0.15, 0.2) is 5.96 Å². The van der Waals surface area contributed by atoms with Crippen LogP contribution in [0.15, 0.2) is 23.2 Å². The van der Waals surface area contributed by atoms with Gasteiger partial charge in [0.25, 0.3) is 0 Å². The maximum Gasteiger partial charge on any atom is 0.193 e. The molecule has 1 aromatic carbocycles. The van der Waals surface area contributed by atoms with Gasteiger partial charge in [-0.2, -0.15) is 0 Å². The molecule has 20 heavy (non-hydrogen) atoms. The maximum atomic E-state index is 6.07. The van der Waals surface area contributed by atoms with Gasteiger partial charge in [-0.1, -0.05) is 24.9 Å². The lowest BCUT2D eigenvalue weighted by Crippen LogP contribution is -2.33. The average Bonchev–Trinajstić information content (AvgIpc) is 2.38. The maximum absolute atomic E-state index is 6.07. The van der Waals surface area contributed by atoms with E-state index >= 15 is 0 Å². The number of aliphatic imine (C=N–C) groups is 1. The van der Waals surface area contributed by atoms with Crippen molar-refractivity contribution in [1.82, 2.24) is 0 Å². The van der Waals surface area contributed by atoms with Crippen molar-refractivity contribution in [2.24, 2.45) is 16.1 Å². The van der Waals surface area contributed by atoms with Crippen molar-refractivity contribution in [2.45, 2.75) is 32.6 Å². The van der Waals surface area contributed by atoms with Crippen LogP contribution in [0, 0.1) is 5.41 Å². The summed E-state index contributed by atoms with van der Waals surface area (Å²) < 4.78 is 5.11. The summed E-state index contributed by atoms with van der Waals surface area (Å²) >= 11 is 6.07. The van der Waals surface area contributed by atoms with E-state index in [1.165, 1.54) is 19.3 Å². The lowest BCUT2D eigenvalue weighted by Gasteiger charge is -2.40. The van der Waals surface area contributed by atoms with Gasteiger partial charge >= 0.3 is 0 Å². The van der Waals surface area contributed by atoms with Crippen LogP contribution in [0.1, 0.15) is 32.6 Å². The number of hydrogen-bond acceptors (Lipinski definition) is 2. The molecular formula is C15H22ClN3O. The van der Waals surface area contributed by atoms with Crippen LogP contribution in [0.3, 0.4) is 0 Å². The van der Waals surface area contributed by atoms with E-state index in [4.69, 9.17) is 22.1 Å². The van der Waals surface area contributed by atoms with Gasteiger partial charge in [-0.15, -0.1) is 0 Å². The topological polar surface area (TPSA) is 59.6 Å². The molecule has 5 heteroatoms. The molecule has 0 bridgehead atoms. The highest BCUT2D eigenvalue weighted by molar-refractivity contribution is 6.32. The van der Waals surface area contributed by atoms with Gasteiger partial charge in [-0.25, -0.2) is 0 Å². The zero-order valence-corrected chi connectivity index (χ0v) is 12.8. The number of guanidine groups is 1. The van der Waals surface area contributed by atoms with Crippen molar-refractivity contribution < 1.29 is 4.74 Å². The fourth-order valence-corrected chi connectivity index (χ4v) is 2.74. The van der Waals surface area contributed by atoms with Gasteiger partial charge in [0, 0.05) is 12.2 Å². The molecular weight excluding hydrogens is 274 g/mol. The molecule has 0 aromatic heterocycles. The molecule has 0 unspecified atom stereocenters. The first-order valence-corrected chi connectivity index (χ1v) is 7.37. The van der Waals surface area contributed by atoms with Crippen molar-refractivity contribution in [2.75, 3.05) is 19.0 Å². The van der Waals surface area contributed by atoms with Crippen LogP contribution < -0.4 is 15.8 Å². The van der Waals surface area contributed by atoms with Gasteiger partial charge in [-0.05, 0) is 42.9 Å². The van der Waals surface area contributed by atoms with E-state index in [9.17, 15) is 0 Å². The molecule has 0 aliphatic heterocycles. The Morgan fingerprint density at radius 3 is 2.75 bits per heavy atom. The molecule has 0 spiro atoms. The van der Waals surface area contributed by atoms with Crippen LogP contribution in [0.25, 0.3) is 0 Å². The van der Waals surface area contributed by atoms with Crippen LogP contribution >= 0.6 is 11.6 Å². The van der Waals surface area contributed by atoms with Crippen LogP contribution in [0.5, 0.6) is 5.75 Å². The Morgan fingerprint density at radius 1 is 1.50 bits per heavy atom. The Kier molecular flexibility index (Phi) is 4.76. The van der Waals surface area contributed by atoms with E-state index in [0.717, 1.165) is 18.7 Å². The lowest BCUT2D eigenvalue weighted by atomic mass is 9.67. The van der Waals surface area contributed by atoms with E-state index in [0.29, 0.717) is 22.1 Å². The fourth-order valence-electron chi connectivity index (χ4n) is 2.48. The summed E-state index contributed by atoms with van der Waals surface area (Å²) in [6, 6.07) is 5.45. The third kappa shape index (κ3) is 3.37. The molecule has 0 saturated heterocycles. The highest BCUT2D eigenvalue weighted by Gasteiger charge is 2.34. The van der Waals surface area contributed by atoms with E-state index < -0.39 is 0 Å². The van der Waals surface area contributed by atoms with Gasteiger partial charge in [0.2, 0.25) is 0 Å².